The Balaban J connectivity index is 1.74. The van der Waals surface area contributed by atoms with Gasteiger partial charge in [0, 0.05) is 22.6 Å². The van der Waals surface area contributed by atoms with Gasteiger partial charge in [0.1, 0.15) is 17.2 Å². The molecular formula is C26H23N3O4. The number of phenols is 2. The number of hydrogen-bond acceptors (Lipinski definition) is 6. The molecule has 7 nitrogen and oxygen atoms in total. The second-order valence-corrected chi connectivity index (χ2v) is 7.68. The van der Waals surface area contributed by atoms with Crippen LogP contribution in [-0.2, 0) is 0 Å². The number of ether oxygens (including phenoxy) is 1. The van der Waals surface area contributed by atoms with E-state index in [4.69, 9.17) is 9.72 Å². The zero-order valence-electron chi connectivity index (χ0n) is 18.5. The van der Waals surface area contributed by atoms with E-state index in [0.29, 0.717) is 39.2 Å². The Labute approximate surface area is 191 Å². The molecule has 0 spiro atoms. The van der Waals surface area contributed by atoms with E-state index in [1.54, 1.807) is 20.1 Å². The van der Waals surface area contributed by atoms with Crippen molar-refractivity contribution in [1.29, 1.82) is 0 Å². The van der Waals surface area contributed by atoms with Crippen LogP contribution in [0.25, 0.3) is 22.2 Å². The van der Waals surface area contributed by atoms with E-state index in [-0.39, 0.29) is 11.5 Å². The van der Waals surface area contributed by atoms with Crippen molar-refractivity contribution in [3.8, 4) is 28.5 Å². The lowest BCUT2D eigenvalue weighted by atomic mass is 10.0. The Morgan fingerprint density at radius 2 is 1.76 bits per heavy atom. The molecule has 0 radical (unpaired) electrons. The summed E-state index contributed by atoms with van der Waals surface area (Å²) in [6.07, 6.45) is 0. The van der Waals surface area contributed by atoms with Crippen molar-refractivity contribution in [2.24, 2.45) is 5.10 Å². The van der Waals surface area contributed by atoms with Gasteiger partial charge in [0.25, 0.3) is 5.91 Å². The summed E-state index contributed by atoms with van der Waals surface area (Å²) in [6.45, 7) is 3.62. The highest BCUT2D eigenvalue weighted by atomic mass is 16.5. The van der Waals surface area contributed by atoms with Crippen LogP contribution < -0.4 is 10.2 Å². The second kappa shape index (κ2) is 9.00. The average Bonchev–Trinajstić information content (AvgIpc) is 2.81. The second-order valence-electron chi connectivity index (χ2n) is 7.68. The number of aryl methyl sites for hydroxylation is 1. The normalized spacial score (nSPS) is 11.4. The van der Waals surface area contributed by atoms with Crippen LogP contribution in [0, 0.1) is 6.92 Å². The largest absolute Gasteiger partial charge is 0.508 e. The SMILES string of the molecule is COc1cccc(-c2cc(C(=O)N/N=C(\C)c3cc(O)cc(O)c3)c3cc(C)ccc3n2)c1. The van der Waals surface area contributed by atoms with Crippen molar-refractivity contribution >= 4 is 22.5 Å². The predicted molar refractivity (Wildman–Crippen MR) is 128 cm³/mol. The fourth-order valence-electron chi connectivity index (χ4n) is 3.52. The maximum absolute atomic E-state index is 13.2. The van der Waals surface area contributed by atoms with Gasteiger partial charge in [-0.2, -0.15) is 5.10 Å². The summed E-state index contributed by atoms with van der Waals surface area (Å²) in [5.41, 5.74) is 7.06. The first-order chi connectivity index (χ1) is 15.8. The molecule has 3 N–H and O–H groups in total. The first-order valence-corrected chi connectivity index (χ1v) is 10.3. The highest BCUT2D eigenvalue weighted by Crippen LogP contribution is 2.28. The molecule has 1 amide bonds. The molecule has 4 rings (SSSR count). The topological polar surface area (TPSA) is 104 Å². The Hall–Kier alpha value is -4.39. The van der Waals surface area contributed by atoms with E-state index in [1.165, 1.54) is 18.2 Å². The lowest BCUT2D eigenvalue weighted by Crippen LogP contribution is -2.20. The quantitative estimate of drug-likeness (QED) is 0.305. The molecule has 4 aromatic rings. The van der Waals surface area contributed by atoms with Crippen molar-refractivity contribution in [3.63, 3.8) is 0 Å². The van der Waals surface area contributed by atoms with Gasteiger partial charge in [-0.15, -0.1) is 0 Å². The van der Waals surface area contributed by atoms with Crippen LogP contribution in [0.2, 0.25) is 0 Å². The van der Waals surface area contributed by atoms with Gasteiger partial charge in [0.15, 0.2) is 0 Å². The zero-order chi connectivity index (χ0) is 23.5. The van der Waals surface area contributed by atoms with Crippen molar-refractivity contribution in [3.05, 3.63) is 83.4 Å². The molecule has 0 saturated heterocycles. The number of benzene rings is 3. The Bertz CT molecular complexity index is 1380. The van der Waals surface area contributed by atoms with E-state index >= 15 is 0 Å². The van der Waals surface area contributed by atoms with Gasteiger partial charge in [-0.05, 0) is 56.3 Å². The molecule has 0 aliphatic rings. The fraction of sp³-hybridized carbons (Fsp3) is 0.115. The molecular weight excluding hydrogens is 418 g/mol. The summed E-state index contributed by atoms with van der Waals surface area (Å²) in [5, 5.41) is 24.3. The van der Waals surface area contributed by atoms with Crippen LogP contribution in [0.15, 0.2) is 71.8 Å². The van der Waals surface area contributed by atoms with Gasteiger partial charge in [-0.25, -0.2) is 10.4 Å². The number of nitrogens with one attached hydrogen (secondary N) is 1. The minimum Gasteiger partial charge on any atom is -0.508 e. The number of carbonyl (C=O) groups excluding carboxylic acids is 1. The summed E-state index contributed by atoms with van der Waals surface area (Å²) in [7, 11) is 1.60. The molecule has 0 unspecified atom stereocenters. The number of pyridine rings is 1. The van der Waals surface area contributed by atoms with Gasteiger partial charge < -0.3 is 14.9 Å². The number of fused-ring (bicyclic) bond motifs is 1. The van der Waals surface area contributed by atoms with Crippen molar-refractivity contribution < 1.29 is 19.7 Å². The summed E-state index contributed by atoms with van der Waals surface area (Å²) >= 11 is 0. The molecule has 7 heteroatoms. The van der Waals surface area contributed by atoms with Crippen LogP contribution in [0.5, 0.6) is 17.2 Å². The maximum atomic E-state index is 13.2. The molecule has 166 valence electrons. The number of nitrogens with zero attached hydrogens (tertiary/aromatic N) is 2. The first-order valence-electron chi connectivity index (χ1n) is 10.3. The van der Waals surface area contributed by atoms with Gasteiger partial charge in [-0.1, -0.05) is 23.8 Å². The van der Waals surface area contributed by atoms with E-state index in [9.17, 15) is 15.0 Å². The standard InChI is InChI=1S/C26H23N3O4/c1-15-7-8-24-22(9-15)23(14-25(27-24)17-5-4-6-21(12-17)33-3)26(32)29-28-16(2)18-10-19(30)13-20(31)11-18/h4-14,30-31H,1-3H3,(H,29,32)/b28-16+. The molecule has 33 heavy (non-hydrogen) atoms. The van der Waals surface area contributed by atoms with Crippen molar-refractivity contribution in [1.82, 2.24) is 10.4 Å². The number of rotatable bonds is 5. The number of aromatic hydroxyl groups is 2. The van der Waals surface area contributed by atoms with E-state index < -0.39 is 5.91 Å². The summed E-state index contributed by atoms with van der Waals surface area (Å²) in [6, 6.07) is 19.1. The van der Waals surface area contributed by atoms with Crippen molar-refractivity contribution in [2.45, 2.75) is 13.8 Å². The molecule has 1 heterocycles. The number of phenolic OH excluding ortho intramolecular Hbond substituents is 2. The van der Waals surface area contributed by atoms with Crippen LogP contribution in [0.1, 0.15) is 28.4 Å². The molecule has 0 bridgehead atoms. The summed E-state index contributed by atoms with van der Waals surface area (Å²) in [4.78, 5) is 17.9. The van der Waals surface area contributed by atoms with Crippen LogP contribution in [-0.4, -0.2) is 33.9 Å². The van der Waals surface area contributed by atoms with Gasteiger partial charge in [-0.3, -0.25) is 4.79 Å². The number of aromatic nitrogens is 1. The fourth-order valence-corrected chi connectivity index (χ4v) is 3.52. The molecule has 3 aromatic carbocycles. The maximum Gasteiger partial charge on any atom is 0.272 e. The lowest BCUT2D eigenvalue weighted by molar-refractivity contribution is 0.0956. The molecule has 1 aromatic heterocycles. The number of hydrogen-bond donors (Lipinski definition) is 3. The van der Waals surface area contributed by atoms with Gasteiger partial charge >= 0.3 is 0 Å². The number of amides is 1. The minimum absolute atomic E-state index is 0.0931. The van der Waals surface area contributed by atoms with Crippen molar-refractivity contribution in [2.75, 3.05) is 7.11 Å². The van der Waals surface area contributed by atoms with Gasteiger partial charge in [0.05, 0.1) is 29.6 Å². The van der Waals surface area contributed by atoms with Crippen LogP contribution in [0.4, 0.5) is 0 Å². The average molecular weight is 441 g/mol. The number of carbonyl (C=O) groups is 1. The lowest BCUT2D eigenvalue weighted by Gasteiger charge is -2.11. The molecule has 0 saturated carbocycles. The Kier molecular flexibility index (Phi) is 5.95. The third-order valence-electron chi connectivity index (χ3n) is 5.22. The zero-order valence-corrected chi connectivity index (χ0v) is 18.5. The number of methoxy groups -OCH3 is 1. The smallest absolute Gasteiger partial charge is 0.272 e. The third kappa shape index (κ3) is 4.77. The van der Waals surface area contributed by atoms with Crippen LogP contribution in [0.3, 0.4) is 0 Å². The number of hydrazone groups is 1. The molecule has 0 aliphatic carbocycles. The highest BCUT2D eigenvalue weighted by molar-refractivity contribution is 6.08. The van der Waals surface area contributed by atoms with Gasteiger partial charge in [0.2, 0.25) is 0 Å². The third-order valence-corrected chi connectivity index (χ3v) is 5.22. The minimum atomic E-state index is -0.402. The Morgan fingerprint density at radius 3 is 2.48 bits per heavy atom. The predicted octanol–water partition coefficient (Wildman–Crippen LogP) is 4.78. The Morgan fingerprint density at radius 1 is 1.00 bits per heavy atom. The van der Waals surface area contributed by atoms with E-state index in [1.807, 2.05) is 49.4 Å². The molecule has 0 fully saturated rings. The monoisotopic (exact) mass is 441 g/mol. The molecule has 0 aliphatic heterocycles. The highest BCUT2D eigenvalue weighted by Gasteiger charge is 2.15. The van der Waals surface area contributed by atoms with Crippen LogP contribution >= 0.6 is 0 Å². The first kappa shape index (κ1) is 21.8. The molecule has 0 atom stereocenters. The summed E-state index contributed by atoms with van der Waals surface area (Å²) < 4.78 is 5.32. The van der Waals surface area contributed by atoms with E-state index in [0.717, 1.165) is 11.1 Å². The summed E-state index contributed by atoms with van der Waals surface area (Å²) in [5.74, 6) is 0.105. The van der Waals surface area contributed by atoms with E-state index in [2.05, 4.69) is 10.5 Å².